The molecule has 0 unspecified atom stereocenters. The number of nitrogens with one attached hydrogen (secondary N) is 1. The summed E-state index contributed by atoms with van der Waals surface area (Å²) in [5.41, 5.74) is 2.10. The number of hydrogen-bond acceptors (Lipinski definition) is 8. The third kappa shape index (κ3) is 4.14. The molecule has 2 heterocycles. The molecule has 11 heteroatoms. The highest BCUT2D eigenvalue weighted by molar-refractivity contribution is 7.99. The molecule has 0 spiro atoms. The van der Waals surface area contributed by atoms with Gasteiger partial charge in [-0.05, 0) is 29.6 Å². The van der Waals surface area contributed by atoms with Gasteiger partial charge in [0.1, 0.15) is 16.8 Å². The van der Waals surface area contributed by atoms with Gasteiger partial charge in [-0.15, -0.1) is 11.3 Å². The van der Waals surface area contributed by atoms with E-state index in [-0.39, 0.29) is 17.3 Å². The maximum absolute atomic E-state index is 12.5. The first kappa shape index (κ1) is 21.4. The molecule has 0 saturated heterocycles. The van der Waals surface area contributed by atoms with Gasteiger partial charge in [-0.1, -0.05) is 23.9 Å². The van der Waals surface area contributed by atoms with Crippen LogP contribution in [0.15, 0.2) is 59.1 Å². The Labute approximate surface area is 190 Å². The van der Waals surface area contributed by atoms with Gasteiger partial charge in [0, 0.05) is 12.1 Å². The Morgan fingerprint density at radius 3 is 2.91 bits per heavy atom. The summed E-state index contributed by atoms with van der Waals surface area (Å²) < 4.78 is 7.29. The van der Waals surface area contributed by atoms with Crippen LogP contribution < -0.4 is 10.1 Å². The number of ether oxygens (including phenoxy) is 1. The number of rotatable bonds is 7. The highest BCUT2D eigenvalue weighted by Crippen LogP contribution is 2.34. The summed E-state index contributed by atoms with van der Waals surface area (Å²) in [6.45, 7) is 0. The molecule has 4 rings (SSSR count). The van der Waals surface area contributed by atoms with Crippen molar-refractivity contribution < 1.29 is 14.5 Å². The molecule has 0 atom stereocenters. The van der Waals surface area contributed by atoms with Gasteiger partial charge in [0.05, 0.1) is 40.1 Å². The molecule has 0 aliphatic carbocycles. The first-order chi connectivity index (χ1) is 15.5. The Kier molecular flexibility index (Phi) is 6.07. The van der Waals surface area contributed by atoms with Gasteiger partial charge in [0.15, 0.2) is 5.16 Å². The Hall–Kier alpha value is -3.88. The van der Waals surface area contributed by atoms with Crippen LogP contribution in [-0.4, -0.2) is 33.2 Å². The van der Waals surface area contributed by atoms with E-state index in [1.165, 1.54) is 35.2 Å². The fourth-order valence-corrected chi connectivity index (χ4v) is 4.67. The van der Waals surface area contributed by atoms with Crippen molar-refractivity contribution in [2.75, 3.05) is 18.2 Å². The zero-order chi connectivity index (χ0) is 22.7. The summed E-state index contributed by atoms with van der Waals surface area (Å²) >= 11 is 2.45. The first-order valence-corrected chi connectivity index (χ1v) is 11.1. The van der Waals surface area contributed by atoms with Crippen molar-refractivity contribution in [3.63, 3.8) is 0 Å². The Bertz CT molecular complexity index is 1370. The molecule has 2 aromatic heterocycles. The van der Waals surface area contributed by atoms with Gasteiger partial charge in [-0.3, -0.25) is 19.5 Å². The molecule has 160 valence electrons. The molecular weight excluding hydrogens is 450 g/mol. The van der Waals surface area contributed by atoms with Gasteiger partial charge in [0.25, 0.3) is 5.69 Å². The van der Waals surface area contributed by atoms with Gasteiger partial charge in [-0.25, -0.2) is 4.98 Å². The van der Waals surface area contributed by atoms with Crippen molar-refractivity contribution in [3.8, 4) is 17.5 Å². The maximum atomic E-state index is 12.5. The Morgan fingerprint density at radius 2 is 2.16 bits per heavy atom. The molecule has 1 N–H and O–H groups in total. The summed E-state index contributed by atoms with van der Waals surface area (Å²) in [6, 6.07) is 15.4. The average molecular weight is 466 g/mol. The first-order valence-electron chi connectivity index (χ1n) is 9.22. The molecule has 0 aliphatic heterocycles. The minimum absolute atomic E-state index is 0.0311. The number of amides is 1. The molecule has 32 heavy (non-hydrogen) atoms. The van der Waals surface area contributed by atoms with Crippen LogP contribution in [0.25, 0.3) is 16.7 Å². The number of carbonyl (C=O) groups is 1. The van der Waals surface area contributed by atoms with Crippen molar-refractivity contribution in [1.82, 2.24) is 9.55 Å². The van der Waals surface area contributed by atoms with Crippen LogP contribution in [0.2, 0.25) is 0 Å². The lowest BCUT2D eigenvalue weighted by molar-refractivity contribution is -0.384. The monoisotopic (exact) mass is 465 g/mol. The van der Waals surface area contributed by atoms with E-state index in [0.717, 1.165) is 0 Å². The number of anilines is 1. The summed E-state index contributed by atoms with van der Waals surface area (Å²) in [7, 11) is 1.55. The number of thiophene rings is 1. The molecule has 0 radical (unpaired) electrons. The number of nitriles is 1. The van der Waals surface area contributed by atoms with Gasteiger partial charge in [0.2, 0.25) is 5.91 Å². The minimum atomic E-state index is -0.477. The number of para-hydroxylation sites is 2. The lowest BCUT2D eigenvalue weighted by atomic mass is 10.2. The molecule has 2 aromatic carbocycles. The van der Waals surface area contributed by atoms with Crippen LogP contribution >= 0.6 is 23.1 Å². The van der Waals surface area contributed by atoms with Crippen molar-refractivity contribution in [2.45, 2.75) is 5.16 Å². The molecular formula is C21H15N5O4S2. The fourth-order valence-electron chi connectivity index (χ4n) is 3.09. The van der Waals surface area contributed by atoms with Gasteiger partial charge >= 0.3 is 0 Å². The van der Waals surface area contributed by atoms with Crippen LogP contribution in [0.4, 0.5) is 10.7 Å². The molecule has 0 bridgehead atoms. The molecule has 0 fully saturated rings. The van der Waals surface area contributed by atoms with Crippen LogP contribution in [0.5, 0.6) is 5.75 Å². The second kappa shape index (κ2) is 9.09. The van der Waals surface area contributed by atoms with Crippen LogP contribution in [0.3, 0.4) is 0 Å². The smallest absolute Gasteiger partial charge is 0.271 e. The van der Waals surface area contributed by atoms with Gasteiger partial charge in [-0.2, -0.15) is 5.26 Å². The Morgan fingerprint density at radius 1 is 1.34 bits per heavy atom. The van der Waals surface area contributed by atoms with Crippen molar-refractivity contribution in [1.29, 1.82) is 5.26 Å². The summed E-state index contributed by atoms with van der Waals surface area (Å²) in [4.78, 5) is 27.8. The minimum Gasteiger partial charge on any atom is -0.495 e. The maximum Gasteiger partial charge on any atom is 0.271 e. The largest absolute Gasteiger partial charge is 0.495 e. The third-order valence-corrected chi connectivity index (χ3v) is 6.28. The number of benzene rings is 2. The number of nitro groups is 1. The second-order valence-corrected chi connectivity index (χ2v) is 8.30. The summed E-state index contributed by atoms with van der Waals surface area (Å²) in [5.74, 6) is 0.329. The molecule has 4 aromatic rings. The SMILES string of the molecule is COc1ccccc1-n1c(SCC(=O)Nc2sccc2C#N)nc2cc([N+](=O)[O-])ccc21. The highest BCUT2D eigenvalue weighted by Gasteiger charge is 2.19. The lowest BCUT2D eigenvalue weighted by Crippen LogP contribution is -2.14. The number of thioether (sulfide) groups is 1. The number of nitrogens with zero attached hydrogens (tertiary/aromatic N) is 4. The molecule has 0 saturated carbocycles. The number of carbonyl (C=O) groups excluding carboxylic acids is 1. The standard InChI is InChI=1S/C21H15N5O4S2/c1-30-18-5-3-2-4-17(18)25-16-7-6-14(26(28)29)10-15(16)23-21(25)32-12-19(27)24-20-13(11-22)8-9-31-20/h2-10H,12H2,1H3,(H,24,27). The number of aromatic nitrogens is 2. The van der Waals surface area contributed by atoms with E-state index in [9.17, 15) is 14.9 Å². The van der Waals surface area contributed by atoms with E-state index in [1.807, 2.05) is 28.8 Å². The number of imidazole rings is 1. The number of hydrogen-bond donors (Lipinski definition) is 1. The highest BCUT2D eigenvalue weighted by atomic mass is 32.2. The van der Waals surface area contributed by atoms with E-state index < -0.39 is 4.92 Å². The molecule has 1 amide bonds. The fraction of sp³-hybridized carbons (Fsp3) is 0.0952. The predicted octanol–water partition coefficient (Wildman–Crippen LogP) is 4.61. The number of fused-ring (bicyclic) bond motifs is 1. The quantitative estimate of drug-likeness (QED) is 0.240. The van der Waals surface area contributed by atoms with Crippen LogP contribution in [-0.2, 0) is 4.79 Å². The molecule has 0 aliphatic rings. The third-order valence-electron chi connectivity index (χ3n) is 4.52. The predicted molar refractivity (Wildman–Crippen MR) is 123 cm³/mol. The van der Waals surface area contributed by atoms with E-state index in [2.05, 4.69) is 10.3 Å². The van der Waals surface area contributed by atoms with E-state index in [1.54, 1.807) is 30.7 Å². The van der Waals surface area contributed by atoms with Crippen LogP contribution in [0.1, 0.15) is 5.56 Å². The van der Waals surface area contributed by atoms with Gasteiger partial charge < -0.3 is 10.1 Å². The van der Waals surface area contributed by atoms with Crippen molar-refractivity contribution in [3.05, 3.63) is 69.6 Å². The number of nitro benzene ring substituents is 1. The number of methoxy groups -OCH3 is 1. The van der Waals surface area contributed by atoms with E-state index in [0.29, 0.717) is 38.2 Å². The second-order valence-electron chi connectivity index (χ2n) is 6.44. The van der Waals surface area contributed by atoms with Crippen LogP contribution in [0, 0.1) is 21.4 Å². The number of non-ortho nitro benzene ring substituents is 1. The molecule has 9 nitrogen and oxygen atoms in total. The van der Waals surface area contributed by atoms with Crippen molar-refractivity contribution >= 4 is 50.7 Å². The summed E-state index contributed by atoms with van der Waals surface area (Å²) in [5, 5.41) is 25.7. The Balaban J connectivity index is 1.70. The normalized spacial score (nSPS) is 10.6. The lowest BCUT2D eigenvalue weighted by Gasteiger charge is -2.13. The van der Waals surface area contributed by atoms with E-state index >= 15 is 0 Å². The zero-order valence-corrected chi connectivity index (χ0v) is 18.3. The topological polar surface area (TPSA) is 123 Å². The van der Waals surface area contributed by atoms with E-state index in [4.69, 9.17) is 10.00 Å². The zero-order valence-electron chi connectivity index (χ0n) is 16.6. The van der Waals surface area contributed by atoms with Crippen molar-refractivity contribution in [2.24, 2.45) is 0 Å². The summed E-state index contributed by atoms with van der Waals surface area (Å²) in [6.07, 6.45) is 0. The average Bonchev–Trinajstić information content (AvgIpc) is 3.40.